The van der Waals surface area contributed by atoms with Crippen molar-refractivity contribution in [1.82, 2.24) is 5.32 Å². The zero-order chi connectivity index (χ0) is 20.1. The van der Waals surface area contributed by atoms with Gasteiger partial charge in [0, 0.05) is 23.1 Å². The van der Waals surface area contributed by atoms with Gasteiger partial charge in [-0.3, -0.25) is 14.5 Å². The molecular weight excluding hydrogens is 424 g/mol. The molecule has 0 fully saturated rings. The lowest BCUT2D eigenvalue weighted by Crippen LogP contribution is -2.47. The van der Waals surface area contributed by atoms with Crippen LogP contribution in [-0.2, 0) is 9.59 Å². The number of benzene rings is 2. The van der Waals surface area contributed by atoms with Gasteiger partial charge in [0.25, 0.3) is 0 Å². The second kappa shape index (κ2) is 8.88. The van der Waals surface area contributed by atoms with Gasteiger partial charge in [-0.15, -0.1) is 0 Å². The van der Waals surface area contributed by atoms with Crippen molar-refractivity contribution in [3.8, 4) is 0 Å². The largest absolute Gasteiger partial charge is 0.338 e. The minimum atomic E-state index is -0.355. The van der Waals surface area contributed by atoms with E-state index in [0.717, 1.165) is 15.7 Å². The Morgan fingerprint density at radius 3 is 2.79 bits per heavy atom. The first-order chi connectivity index (χ1) is 13.4. The van der Waals surface area contributed by atoms with Gasteiger partial charge in [0.15, 0.2) is 0 Å². The molecule has 0 saturated carbocycles. The Labute approximate surface area is 171 Å². The Kier molecular flexibility index (Phi) is 6.30. The van der Waals surface area contributed by atoms with Gasteiger partial charge in [0.05, 0.1) is 11.4 Å². The molecule has 0 aromatic heterocycles. The molecule has 2 aromatic rings. The van der Waals surface area contributed by atoms with Crippen molar-refractivity contribution in [3.05, 3.63) is 52.5 Å². The number of nitrogens with zero attached hydrogens (tertiary/aromatic N) is 1. The van der Waals surface area contributed by atoms with E-state index in [1.54, 1.807) is 18.2 Å². The number of aryl methyl sites for hydroxylation is 1. The van der Waals surface area contributed by atoms with Crippen LogP contribution >= 0.6 is 15.9 Å². The Balaban J connectivity index is 1.47. The van der Waals surface area contributed by atoms with E-state index in [9.17, 15) is 14.4 Å². The maximum atomic E-state index is 12.4. The molecule has 7 nitrogen and oxygen atoms in total. The van der Waals surface area contributed by atoms with Crippen molar-refractivity contribution < 1.29 is 14.4 Å². The molecule has 0 bridgehead atoms. The van der Waals surface area contributed by atoms with Crippen molar-refractivity contribution in [2.45, 2.75) is 19.8 Å². The number of nitrogens with one attached hydrogen (secondary N) is 3. The molecule has 0 unspecified atom stereocenters. The molecule has 1 aliphatic rings. The van der Waals surface area contributed by atoms with Crippen molar-refractivity contribution in [3.63, 3.8) is 0 Å². The number of hydrogen-bond acceptors (Lipinski definition) is 3. The quantitative estimate of drug-likeness (QED) is 0.614. The van der Waals surface area contributed by atoms with Crippen LogP contribution in [0.2, 0.25) is 0 Å². The third kappa shape index (κ3) is 4.89. The average Bonchev–Trinajstić information content (AvgIpc) is 2.66. The van der Waals surface area contributed by atoms with Gasteiger partial charge < -0.3 is 16.0 Å². The number of hydrogen-bond donors (Lipinski definition) is 3. The smallest absolute Gasteiger partial charge is 0.322 e. The third-order valence-corrected chi connectivity index (χ3v) is 4.83. The Hall–Kier alpha value is -2.87. The highest BCUT2D eigenvalue weighted by Gasteiger charge is 2.26. The van der Waals surface area contributed by atoms with Gasteiger partial charge in [-0.1, -0.05) is 28.1 Å². The lowest BCUT2D eigenvalue weighted by molar-refractivity contribution is -0.116. The van der Waals surface area contributed by atoms with Gasteiger partial charge in [-0.2, -0.15) is 0 Å². The first kappa shape index (κ1) is 19.9. The number of carbonyl (C=O) groups is 3. The standard InChI is InChI=1S/C20H21BrN4O3/c1-13-11-14(21)8-9-15(13)23-18(26)7-4-10-22-20(28)25-12-19(27)24-16-5-2-3-6-17(16)25/h2-3,5-6,8-9,11H,4,7,10,12H2,1H3,(H,22,28)(H,23,26)(H,24,27). The first-order valence-electron chi connectivity index (χ1n) is 8.94. The molecule has 1 heterocycles. The number of rotatable bonds is 5. The van der Waals surface area contributed by atoms with Crippen LogP contribution < -0.4 is 20.9 Å². The third-order valence-electron chi connectivity index (χ3n) is 4.34. The molecule has 3 rings (SSSR count). The number of anilines is 3. The fraction of sp³-hybridized carbons (Fsp3) is 0.250. The van der Waals surface area contributed by atoms with Crippen LogP contribution in [0.1, 0.15) is 18.4 Å². The van der Waals surface area contributed by atoms with Crippen LogP contribution in [-0.4, -0.2) is 30.9 Å². The lowest BCUT2D eigenvalue weighted by atomic mass is 10.2. The van der Waals surface area contributed by atoms with Crippen LogP contribution in [0.15, 0.2) is 46.9 Å². The maximum Gasteiger partial charge on any atom is 0.322 e. The van der Waals surface area contributed by atoms with E-state index in [0.29, 0.717) is 24.3 Å². The number of halogens is 1. The number of carbonyl (C=O) groups excluding carboxylic acids is 3. The minimum Gasteiger partial charge on any atom is -0.338 e. The lowest BCUT2D eigenvalue weighted by Gasteiger charge is -2.29. The van der Waals surface area contributed by atoms with Gasteiger partial charge in [-0.05, 0) is 49.2 Å². The van der Waals surface area contributed by atoms with E-state index in [1.165, 1.54) is 4.90 Å². The highest BCUT2D eigenvalue weighted by molar-refractivity contribution is 9.10. The van der Waals surface area contributed by atoms with Crippen LogP contribution in [0.5, 0.6) is 0 Å². The minimum absolute atomic E-state index is 0.0355. The van der Waals surface area contributed by atoms with E-state index in [1.807, 2.05) is 31.2 Å². The van der Waals surface area contributed by atoms with E-state index < -0.39 is 0 Å². The molecule has 2 aromatic carbocycles. The van der Waals surface area contributed by atoms with Crippen LogP contribution in [0.3, 0.4) is 0 Å². The molecule has 146 valence electrons. The summed E-state index contributed by atoms with van der Waals surface area (Å²) < 4.78 is 0.957. The van der Waals surface area contributed by atoms with Crippen LogP contribution in [0.25, 0.3) is 0 Å². The molecule has 1 aliphatic heterocycles. The summed E-state index contributed by atoms with van der Waals surface area (Å²) in [5, 5.41) is 8.39. The molecule has 0 saturated heterocycles. The van der Waals surface area contributed by atoms with Crippen molar-refractivity contribution in [2.75, 3.05) is 28.6 Å². The number of fused-ring (bicyclic) bond motifs is 1. The van der Waals surface area contributed by atoms with Crippen LogP contribution in [0.4, 0.5) is 21.9 Å². The van der Waals surface area contributed by atoms with Crippen molar-refractivity contribution in [1.29, 1.82) is 0 Å². The number of para-hydroxylation sites is 2. The summed E-state index contributed by atoms with van der Waals surface area (Å²) in [6.45, 7) is 2.23. The molecule has 0 aliphatic carbocycles. The zero-order valence-corrected chi connectivity index (χ0v) is 17.0. The maximum absolute atomic E-state index is 12.4. The molecular formula is C20H21BrN4O3. The van der Waals surface area contributed by atoms with Gasteiger partial charge in [-0.25, -0.2) is 4.79 Å². The van der Waals surface area contributed by atoms with E-state index in [4.69, 9.17) is 0 Å². The van der Waals surface area contributed by atoms with E-state index >= 15 is 0 Å². The monoisotopic (exact) mass is 444 g/mol. The van der Waals surface area contributed by atoms with E-state index in [-0.39, 0.29) is 30.8 Å². The topological polar surface area (TPSA) is 90.5 Å². The average molecular weight is 445 g/mol. The highest BCUT2D eigenvalue weighted by Crippen LogP contribution is 2.28. The van der Waals surface area contributed by atoms with Gasteiger partial charge >= 0.3 is 6.03 Å². The molecule has 0 atom stereocenters. The second-order valence-electron chi connectivity index (χ2n) is 6.49. The highest BCUT2D eigenvalue weighted by atomic mass is 79.9. The summed E-state index contributed by atoms with van der Waals surface area (Å²) in [7, 11) is 0. The first-order valence-corrected chi connectivity index (χ1v) is 9.73. The molecule has 4 amide bonds. The summed E-state index contributed by atoms with van der Waals surface area (Å²) >= 11 is 3.39. The van der Waals surface area contributed by atoms with Crippen molar-refractivity contribution >= 4 is 50.8 Å². The molecule has 0 spiro atoms. The normalized spacial score (nSPS) is 12.8. The SMILES string of the molecule is Cc1cc(Br)ccc1NC(=O)CCCNC(=O)N1CC(=O)Nc2ccccc21. The zero-order valence-electron chi connectivity index (χ0n) is 15.4. The fourth-order valence-corrected chi connectivity index (χ4v) is 3.41. The summed E-state index contributed by atoms with van der Waals surface area (Å²) in [6.07, 6.45) is 0.779. The molecule has 0 radical (unpaired) electrons. The number of amides is 4. The second-order valence-corrected chi connectivity index (χ2v) is 7.41. The molecule has 8 heteroatoms. The van der Waals surface area contributed by atoms with Crippen molar-refractivity contribution in [2.24, 2.45) is 0 Å². The summed E-state index contributed by atoms with van der Waals surface area (Å²) in [5.41, 5.74) is 3.01. The summed E-state index contributed by atoms with van der Waals surface area (Å²) in [4.78, 5) is 37.7. The predicted octanol–water partition coefficient (Wildman–Crippen LogP) is 3.64. The molecule has 28 heavy (non-hydrogen) atoms. The predicted molar refractivity (Wildman–Crippen MR) is 113 cm³/mol. The summed E-state index contributed by atoms with van der Waals surface area (Å²) in [6, 6.07) is 12.4. The Morgan fingerprint density at radius 1 is 1.21 bits per heavy atom. The van der Waals surface area contributed by atoms with Crippen LogP contribution in [0, 0.1) is 6.92 Å². The Morgan fingerprint density at radius 2 is 2.00 bits per heavy atom. The summed E-state index contributed by atoms with van der Waals surface area (Å²) in [5.74, 6) is -0.347. The van der Waals surface area contributed by atoms with Gasteiger partial charge in [0.1, 0.15) is 6.54 Å². The number of urea groups is 1. The molecule has 3 N–H and O–H groups in total. The van der Waals surface area contributed by atoms with Gasteiger partial charge in [0.2, 0.25) is 11.8 Å². The fourth-order valence-electron chi connectivity index (χ4n) is 2.93. The van der Waals surface area contributed by atoms with E-state index in [2.05, 4.69) is 31.9 Å². The Bertz CT molecular complexity index is 916.